The normalized spacial score (nSPS) is 21.1. The topological polar surface area (TPSA) is 101 Å². The van der Waals surface area contributed by atoms with Gasteiger partial charge in [-0.15, -0.1) is 0 Å². The molecular formula is C31H30F3N3O5. The number of fused-ring (bicyclic) bond motifs is 4. The Kier molecular flexibility index (Phi) is 7.96. The maximum atomic E-state index is 14.2. The van der Waals surface area contributed by atoms with Crippen LogP contribution in [-0.2, 0) is 13.2 Å². The molecule has 1 aromatic heterocycles. The van der Waals surface area contributed by atoms with E-state index in [1.54, 1.807) is 48.2 Å². The zero-order valence-electron chi connectivity index (χ0n) is 23.1. The average Bonchev–Trinajstić information content (AvgIpc) is 3.05. The first-order chi connectivity index (χ1) is 20.0. The number of rotatable bonds is 8. The monoisotopic (exact) mass is 581 g/mol. The van der Waals surface area contributed by atoms with E-state index in [0.29, 0.717) is 24.1 Å². The summed E-state index contributed by atoms with van der Waals surface area (Å²) in [5.74, 6) is -5.37. The number of hydrogen-bond donors (Lipinski definition) is 2. The lowest BCUT2D eigenvalue weighted by Gasteiger charge is -2.42. The predicted molar refractivity (Wildman–Crippen MR) is 147 cm³/mol. The minimum Gasteiger partial charge on any atom is -0.483 e. The smallest absolute Gasteiger partial charge is 0.275 e. The second-order valence-corrected chi connectivity index (χ2v) is 10.7. The number of halogens is 3. The molecule has 3 atom stereocenters. The van der Waals surface area contributed by atoms with Crippen LogP contribution in [0.5, 0.6) is 5.75 Å². The Bertz CT molecular complexity index is 1600. The van der Waals surface area contributed by atoms with E-state index >= 15 is 0 Å². The van der Waals surface area contributed by atoms with Crippen LogP contribution in [0.25, 0.3) is 0 Å². The van der Waals surface area contributed by atoms with Crippen molar-refractivity contribution in [2.24, 2.45) is 0 Å². The summed E-state index contributed by atoms with van der Waals surface area (Å²) >= 11 is 0. The van der Waals surface area contributed by atoms with E-state index in [0.717, 1.165) is 6.42 Å². The Morgan fingerprint density at radius 2 is 1.83 bits per heavy atom. The number of nitrogens with zero attached hydrogens (tertiary/aromatic N) is 2. The van der Waals surface area contributed by atoms with E-state index < -0.39 is 64.0 Å². The molecule has 42 heavy (non-hydrogen) atoms. The van der Waals surface area contributed by atoms with Crippen molar-refractivity contribution in [2.75, 3.05) is 6.54 Å². The molecule has 3 aromatic rings. The Balaban J connectivity index is 1.60. The maximum Gasteiger partial charge on any atom is 0.275 e. The zero-order chi connectivity index (χ0) is 30.2. The van der Waals surface area contributed by atoms with Gasteiger partial charge in [0.05, 0.1) is 12.1 Å². The molecule has 3 heterocycles. The third-order valence-electron chi connectivity index (χ3n) is 7.68. The molecule has 0 aliphatic carbocycles. The van der Waals surface area contributed by atoms with Gasteiger partial charge in [0.15, 0.2) is 11.4 Å². The molecule has 0 fully saturated rings. The summed E-state index contributed by atoms with van der Waals surface area (Å²) in [4.78, 5) is 42.6. The molecule has 5 rings (SSSR count). The number of aliphatic hydroxyl groups is 1. The van der Waals surface area contributed by atoms with E-state index in [1.165, 1.54) is 10.8 Å². The van der Waals surface area contributed by atoms with Gasteiger partial charge in [-0.3, -0.25) is 14.4 Å². The largest absolute Gasteiger partial charge is 0.483 e. The molecule has 0 unspecified atom stereocenters. The summed E-state index contributed by atoms with van der Waals surface area (Å²) in [6.45, 7) is 2.88. The first-order valence-corrected chi connectivity index (χ1v) is 13.6. The van der Waals surface area contributed by atoms with Crippen molar-refractivity contribution in [3.63, 3.8) is 0 Å². The molecule has 11 heteroatoms. The highest BCUT2D eigenvalue weighted by Gasteiger charge is 2.46. The van der Waals surface area contributed by atoms with Crippen LogP contribution in [-0.4, -0.2) is 44.6 Å². The maximum absolute atomic E-state index is 14.2. The molecule has 0 saturated heterocycles. The predicted octanol–water partition coefficient (Wildman–Crippen LogP) is 4.26. The summed E-state index contributed by atoms with van der Waals surface area (Å²) in [6, 6.07) is 8.76. The number of carbonyl (C=O) groups is 2. The second-order valence-electron chi connectivity index (χ2n) is 10.7. The fraction of sp³-hybridized carbons (Fsp3) is 0.323. The Morgan fingerprint density at radius 3 is 2.50 bits per heavy atom. The minimum absolute atomic E-state index is 0.0921. The van der Waals surface area contributed by atoms with Crippen molar-refractivity contribution in [2.45, 2.75) is 57.5 Å². The van der Waals surface area contributed by atoms with E-state index in [2.05, 4.69) is 5.32 Å². The molecule has 0 radical (unpaired) electrons. The Morgan fingerprint density at radius 1 is 1.14 bits per heavy atom. The Labute approximate surface area is 240 Å². The van der Waals surface area contributed by atoms with Crippen molar-refractivity contribution >= 4 is 11.8 Å². The van der Waals surface area contributed by atoms with Crippen LogP contribution < -0.4 is 15.5 Å². The van der Waals surface area contributed by atoms with Crippen LogP contribution >= 0.6 is 0 Å². The van der Waals surface area contributed by atoms with Gasteiger partial charge in [-0.2, -0.15) is 0 Å². The summed E-state index contributed by atoms with van der Waals surface area (Å²) in [5, 5.41) is 13.7. The van der Waals surface area contributed by atoms with Crippen LogP contribution in [0.3, 0.4) is 0 Å². The molecule has 2 aliphatic rings. The third kappa shape index (κ3) is 5.44. The number of nitrogens with one attached hydrogen (secondary N) is 1. The lowest BCUT2D eigenvalue weighted by Crippen LogP contribution is -2.52. The minimum atomic E-state index is -1.48. The standard InChI is InChI=1S/C31H30F3N3O5/c1-3-7-20-10-11-31(2,41)25-16-36(20)30(40)26-28(42-17-18-8-5-4-6-9-18)27(38)22(15-37(25)26)29(39)35-14-21-23(33)12-19(32)13-24(21)34/h4-6,8-13,15,20,25,41H,3,7,14,16-17H2,1-2H3,(H,35,39)/t20-,25+,31-/m0/s1. The van der Waals surface area contributed by atoms with Crippen LogP contribution in [0.15, 0.2) is 65.6 Å². The highest BCUT2D eigenvalue weighted by atomic mass is 19.1. The van der Waals surface area contributed by atoms with Crippen molar-refractivity contribution in [1.82, 2.24) is 14.8 Å². The first kappa shape index (κ1) is 29.1. The van der Waals surface area contributed by atoms with E-state index in [4.69, 9.17) is 4.74 Å². The molecule has 2 aromatic carbocycles. The van der Waals surface area contributed by atoms with Crippen LogP contribution in [0.2, 0.25) is 0 Å². The van der Waals surface area contributed by atoms with Crippen molar-refractivity contribution in [3.8, 4) is 5.75 Å². The van der Waals surface area contributed by atoms with Crippen molar-refractivity contribution in [3.05, 3.63) is 111 Å². The van der Waals surface area contributed by atoms with Crippen molar-refractivity contribution < 1.29 is 32.6 Å². The van der Waals surface area contributed by atoms with Crippen molar-refractivity contribution in [1.29, 1.82) is 0 Å². The van der Waals surface area contributed by atoms with Gasteiger partial charge in [-0.1, -0.05) is 55.8 Å². The zero-order valence-corrected chi connectivity index (χ0v) is 23.1. The first-order valence-electron chi connectivity index (χ1n) is 13.6. The molecule has 2 bridgehead atoms. The lowest BCUT2D eigenvalue weighted by molar-refractivity contribution is 0.0189. The molecule has 0 spiro atoms. The molecule has 2 N–H and O–H groups in total. The van der Waals surface area contributed by atoms with Crippen LogP contribution in [0.4, 0.5) is 13.2 Å². The van der Waals surface area contributed by atoms with Gasteiger partial charge in [-0.05, 0) is 18.9 Å². The molecular weight excluding hydrogens is 551 g/mol. The van der Waals surface area contributed by atoms with Gasteiger partial charge in [-0.25, -0.2) is 13.2 Å². The molecule has 0 saturated carbocycles. The summed E-state index contributed by atoms with van der Waals surface area (Å²) < 4.78 is 49.0. The quantitative estimate of drug-likeness (QED) is 0.388. The van der Waals surface area contributed by atoms with Crippen LogP contribution in [0, 0.1) is 17.5 Å². The van der Waals surface area contributed by atoms with Gasteiger partial charge < -0.3 is 24.6 Å². The summed E-state index contributed by atoms with van der Waals surface area (Å²) in [6.07, 6.45) is 5.96. The number of amides is 2. The number of ether oxygens (including phenoxy) is 1. The van der Waals surface area contributed by atoms with Gasteiger partial charge in [0.25, 0.3) is 11.8 Å². The van der Waals surface area contributed by atoms with E-state index in [1.807, 2.05) is 13.0 Å². The fourth-order valence-electron chi connectivity index (χ4n) is 5.41. The van der Waals surface area contributed by atoms with Gasteiger partial charge in [0.2, 0.25) is 5.43 Å². The number of aromatic nitrogens is 1. The highest BCUT2D eigenvalue weighted by Crippen LogP contribution is 2.38. The summed E-state index contributed by atoms with van der Waals surface area (Å²) in [7, 11) is 0. The third-order valence-corrected chi connectivity index (χ3v) is 7.68. The number of pyridine rings is 1. The van der Waals surface area contributed by atoms with E-state index in [-0.39, 0.29) is 30.6 Å². The number of hydrogen-bond acceptors (Lipinski definition) is 5. The van der Waals surface area contributed by atoms with Gasteiger partial charge >= 0.3 is 0 Å². The van der Waals surface area contributed by atoms with Gasteiger partial charge in [0, 0.05) is 37.0 Å². The second kappa shape index (κ2) is 11.5. The van der Waals surface area contributed by atoms with Crippen LogP contribution in [0.1, 0.15) is 64.7 Å². The molecule has 8 nitrogen and oxygen atoms in total. The lowest BCUT2D eigenvalue weighted by atomic mass is 9.93. The number of carbonyl (C=O) groups excluding carboxylic acids is 2. The fourth-order valence-corrected chi connectivity index (χ4v) is 5.41. The van der Waals surface area contributed by atoms with E-state index in [9.17, 15) is 32.7 Å². The highest BCUT2D eigenvalue weighted by molar-refractivity contribution is 5.99. The Hall–Kier alpha value is -4.38. The SMILES string of the molecule is CCC[C@H]1C=C[C@](C)(O)[C@H]2CN1C(=O)c1c(OCc3ccccc3)c(=O)c(C(=O)NCc3c(F)cc(F)cc3F)cn12. The molecule has 2 aliphatic heterocycles. The van der Waals surface area contributed by atoms with Gasteiger partial charge in [0.1, 0.15) is 35.2 Å². The molecule has 220 valence electrons. The summed E-state index contributed by atoms with van der Waals surface area (Å²) in [5.41, 5.74) is -2.83. The number of benzene rings is 2. The average molecular weight is 582 g/mol. The molecule has 2 amide bonds.